The second-order valence-corrected chi connectivity index (χ2v) is 8.43. The van der Waals surface area contributed by atoms with Crippen LogP contribution in [-0.2, 0) is 9.59 Å². The molecule has 34 heavy (non-hydrogen) atoms. The summed E-state index contributed by atoms with van der Waals surface area (Å²) in [6.07, 6.45) is 7.76. The molecule has 2 aromatic carbocycles. The van der Waals surface area contributed by atoms with Crippen LogP contribution in [0.4, 0.5) is 4.79 Å². The molecular weight excluding hydrogens is 436 g/mol. The van der Waals surface area contributed by atoms with E-state index in [1.165, 1.54) is 0 Å². The van der Waals surface area contributed by atoms with Gasteiger partial charge in [0.05, 0.1) is 5.69 Å². The predicted molar refractivity (Wildman–Crippen MR) is 122 cm³/mol. The largest absolute Gasteiger partial charge is 0.467 e. The maximum Gasteiger partial charge on any atom is 0.328 e. The van der Waals surface area contributed by atoms with Gasteiger partial charge in [-0.2, -0.15) is 5.10 Å². The van der Waals surface area contributed by atoms with Gasteiger partial charge in [0.25, 0.3) is 17.4 Å². The molecule has 9 heteroatoms. The van der Waals surface area contributed by atoms with E-state index in [9.17, 15) is 14.4 Å². The van der Waals surface area contributed by atoms with Crippen molar-refractivity contribution < 1.29 is 23.9 Å². The van der Waals surface area contributed by atoms with E-state index in [4.69, 9.17) is 9.47 Å². The lowest BCUT2D eigenvalue weighted by molar-refractivity contribution is -0.158. The number of hydrogen-bond donors (Lipinski definition) is 2. The zero-order valence-electron chi connectivity index (χ0n) is 18.4. The fraction of sp³-hybridized carbons (Fsp3) is 0.280. The van der Waals surface area contributed by atoms with E-state index in [0.29, 0.717) is 30.1 Å². The summed E-state index contributed by atoms with van der Waals surface area (Å²) >= 11 is 0. The van der Waals surface area contributed by atoms with Gasteiger partial charge in [-0.15, -0.1) is 0 Å². The minimum absolute atomic E-state index is 0.321. The smallest absolute Gasteiger partial charge is 0.328 e. The molecule has 1 saturated carbocycles. The van der Waals surface area contributed by atoms with E-state index in [1.807, 2.05) is 36.5 Å². The van der Waals surface area contributed by atoms with Gasteiger partial charge in [-0.25, -0.2) is 9.48 Å². The Kier molecular flexibility index (Phi) is 5.75. The highest BCUT2D eigenvalue weighted by Crippen LogP contribution is 2.38. The third kappa shape index (κ3) is 4.12. The van der Waals surface area contributed by atoms with Crippen LogP contribution in [-0.4, -0.2) is 33.2 Å². The quantitative estimate of drug-likeness (QED) is 0.542. The van der Waals surface area contributed by atoms with E-state index in [0.717, 1.165) is 24.9 Å². The van der Waals surface area contributed by atoms with Crippen LogP contribution in [0.1, 0.15) is 32.1 Å². The van der Waals surface area contributed by atoms with Gasteiger partial charge in [-0.05, 0) is 67.4 Å². The average molecular weight is 460 g/mol. The molecule has 174 valence electrons. The molecule has 1 aliphatic heterocycles. The summed E-state index contributed by atoms with van der Waals surface area (Å²) in [5, 5.41) is 8.62. The topological polar surface area (TPSA) is 112 Å². The Hall–Kier alpha value is -4.14. The summed E-state index contributed by atoms with van der Waals surface area (Å²) in [6, 6.07) is 15.2. The van der Waals surface area contributed by atoms with Crippen molar-refractivity contribution in [3.8, 4) is 22.9 Å². The molecule has 1 aliphatic carbocycles. The Labute approximate surface area is 196 Å². The molecule has 5 rings (SSSR count). The van der Waals surface area contributed by atoms with Crippen LogP contribution in [0.15, 0.2) is 67.0 Å². The fourth-order valence-electron chi connectivity index (χ4n) is 4.57. The standard InChI is InChI=1S/C25H24N4O5/c30-22-25(17-5-2-1-3-6-17,23(31)28-24(32)27-22)34-21-13-11-20(12-14-21)33-19-9-7-18(8-10-19)29-16-4-15-26-29/h4,7-17H,1-3,5-6H2,(H2,27,28,30,31,32). The van der Waals surface area contributed by atoms with Crippen molar-refractivity contribution in [2.75, 3.05) is 0 Å². The number of carbonyl (C=O) groups excluding carboxylic acids is 3. The van der Waals surface area contributed by atoms with E-state index >= 15 is 0 Å². The summed E-state index contributed by atoms with van der Waals surface area (Å²) in [5.74, 6) is -0.201. The first kappa shape index (κ1) is 21.7. The fourth-order valence-corrected chi connectivity index (χ4v) is 4.57. The molecular formula is C25H24N4O5. The van der Waals surface area contributed by atoms with Gasteiger partial charge in [0, 0.05) is 18.3 Å². The van der Waals surface area contributed by atoms with Gasteiger partial charge in [0.2, 0.25) is 0 Å². The van der Waals surface area contributed by atoms with Gasteiger partial charge in [0.15, 0.2) is 0 Å². The minimum Gasteiger partial charge on any atom is -0.467 e. The number of carbonyl (C=O) groups is 3. The number of rotatable bonds is 6. The number of amides is 4. The SMILES string of the molecule is O=C1NC(=O)C(Oc2ccc(Oc3ccc(-n4cccn4)cc3)cc2)(C2CCCCC2)C(=O)N1. The number of barbiturate groups is 1. The van der Waals surface area contributed by atoms with Crippen molar-refractivity contribution in [2.24, 2.45) is 5.92 Å². The first-order valence-corrected chi connectivity index (χ1v) is 11.3. The predicted octanol–water partition coefficient (Wildman–Crippen LogP) is 3.73. The van der Waals surface area contributed by atoms with E-state index in [2.05, 4.69) is 15.7 Å². The van der Waals surface area contributed by atoms with Gasteiger partial charge in [0.1, 0.15) is 17.2 Å². The number of ether oxygens (including phenoxy) is 2. The summed E-state index contributed by atoms with van der Waals surface area (Å²) in [7, 11) is 0. The summed E-state index contributed by atoms with van der Waals surface area (Å²) in [4.78, 5) is 37.5. The Bertz CT molecular complexity index is 1160. The van der Waals surface area contributed by atoms with Crippen LogP contribution in [0.5, 0.6) is 17.2 Å². The van der Waals surface area contributed by atoms with Crippen LogP contribution in [0.2, 0.25) is 0 Å². The lowest BCUT2D eigenvalue weighted by atomic mass is 9.75. The molecule has 2 aliphatic rings. The molecule has 0 radical (unpaired) electrons. The highest BCUT2D eigenvalue weighted by Gasteiger charge is 2.58. The van der Waals surface area contributed by atoms with Gasteiger partial charge < -0.3 is 9.47 Å². The number of benzene rings is 2. The first-order valence-electron chi connectivity index (χ1n) is 11.3. The van der Waals surface area contributed by atoms with Crippen molar-refractivity contribution in [3.63, 3.8) is 0 Å². The molecule has 0 spiro atoms. The number of hydrogen-bond acceptors (Lipinski definition) is 6. The van der Waals surface area contributed by atoms with Gasteiger partial charge >= 0.3 is 6.03 Å². The zero-order chi connectivity index (χ0) is 23.5. The van der Waals surface area contributed by atoms with E-state index < -0.39 is 23.4 Å². The number of nitrogens with one attached hydrogen (secondary N) is 2. The van der Waals surface area contributed by atoms with Crippen LogP contribution < -0.4 is 20.1 Å². The lowest BCUT2D eigenvalue weighted by Crippen LogP contribution is -2.72. The van der Waals surface area contributed by atoms with Crippen molar-refractivity contribution in [1.29, 1.82) is 0 Å². The maximum absolute atomic E-state index is 12.9. The molecule has 1 saturated heterocycles. The van der Waals surface area contributed by atoms with Gasteiger partial charge in [-0.3, -0.25) is 20.2 Å². The minimum atomic E-state index is -1.78. The molecule has 0 unspecified atom stereocenters. The Morgan fingerprint density at radius 2 is 1.41 bits per heavy atom. The summed E-state index contributed by atoms with van der Waals surface area (Å²) in [5.41, 5.74) is -0.865. The maximum atomic E-state index is 12.9. The lowest BCUT2D eigenvalue weighted by Gasteiger charge is -2.41. The van der Waals surface area contributed by atoms with Crippen molar-refractivity contribution >= 4 is 17.8 Å². The molecule has 9 nitrogen and oxygen atoms in total. The second kappa shape index (κ2) is 9.01. The number of aromatic nitrogens is 2. The number of imide groups is 2. The Balaban J connectivity index is 1.33. The highest BCUT2D eigenvalue weighted by molar-refractivity contribution is 6.22. The van der Waals surface area contributed by atoms with Crippen LogP contribution >= 0.6 is 0 Å². The van der Waals surface area contributed by atoms with Crippen LogP contribution in [0.3, 0.4) is 0 Å². The van der Waals surface area contributed by atoms with Crippen molar-refractivity contribution in [2.45, 2.75) is 37.7 Å². The third-order valence-electron chi connectivity index (χ3n) is 6.25. The first-order chi connectivity index (χ1) is 16.5. The molecule has 1 aromatic heterocycles. The number of nitrogens with zero attached hydrogens (tertiary/aromatic N) is 2. The molecule has 0 atom stereocenters. The van der Waals surface area contributed by atoms with Crippen molar-refractivity contribution in [3.05, 3.63) is 67.0 Å². The summed E-state index contributed by atoms with van der Waals surface area (Å²) < 4.78 is 13.7. The van der Waals surface area contributed by atoms with Gasteiger partial charge in [-0.1, -0.05) is 19.3 Å². The average Bonchev–Trinajstić information content (AvgIpc) is 3.39. The molecule has 3 aromatic rings. The normalized spacial score (nSPS) is 18.2. The Morgan fingerprint density at radius 3 is 2.00 bits per heavy atom. The Morgan fingerprint density at radius 1 is 0.824 bits per heavy atom. The number of urea groups is 1. The zero-order valence-corrected chi connectivity index (χ0v) is 18.4. The molecule has 2 fully saturated rings. The molecule has 2 N–H and O–H groups in total. The molecule has 4 amide bonds. The van der Waals surface area contributed by atoms with Crippen molar-refractivity contribution in [1.82, 2.24) is 20.4 Å². The molecule has 0 bridgehead atoms. The van der Waals surface area contributed by atoms with Crippen LogP contribution in [0, 0.1) is 5.92 Å². The summed E-state index contributed by atoms with van der Waals surface area (Å²) in [6.45, 7) is 0. The highest BCUT2D eigenvalue weighted by atomic mass is 16.5. The second-order valence-electron chi connectivity index (χ2n) is 8.43. The van der Waals surface area contributed by atoms with E-state index in [-0.39, 0.29) is 5.92 Å². The van der Waals surface area contributed by atoms with E-state index in [1.54, 1.807) is 35.1 Å². The monoisotopic (exact) mass is 460 g/mol. The van der Waals surface area contributed by atoms with Crippen LogP contribution in [0.25, 0.3) is 5.69 Å². The molecule has 2 heterocycles. The third-order valence-corrected chi connectivity index (χ3v) is 6.25.